The molecule has 0 saturated carbocycles. The van der Waals surface area contributed by atoms with Gasteiger partial charge < -0.3 is 15.0 Å². The molecule has 2 aromatic carbocycles. The predicted molar refractivity (Wildman–Crippen MR) is 77.8 cm³/mol. The first-order valence-corrected chi connectivity index (χ1v) is 6.14. The van der Waals surface area contributed by atoms with Gasteiger partial charge in [0, 0.05) is 12.7 Å². The van der Waals surface area contributed by atoms with Gasteiger partial charge in [0.1, 0.15) is 5.75 Å². The second-order valence-electron chi connectivity index (χ2n) is 4.38. The lowest BCUT2D eigenvalue weighted by Crippen LogP contribution is -2.34. The Morgan fingerprint density at radius 3 is 2.58 bits per heavy atom. The largest absolute Gasteiger partial charge is 0.497 e. The summed E-state index contributed by atoms with van der Waals surface area (Å²) in [6.45, 7) is 0.331. The third kappa shape index (κ3) is 2.85. The lowest BCUT2D eigenvalue weighted by Gasteiger charge is -2.17. The minimum atomic E-state index is 0.0374. The summed E-state index contributed by atoms with van der Waals surface area (Å²) in [5, 5.41) is 5.04. The molecule has 1 N–H and O–H groups in total. The summed E-state index contributed by atoms with van der Waals surface area (Å²) in [4.78, 5) is 13.5. The van der Waals surface area contributed by atoms with Crippen LogP contribution in [0.25, 0.3) is 10.8 Å². The van der Waals surface area contributed by atoms with Gasteiger partial charge in [-0.15, -0.1) is 0 Å². The molecular formula is C15H18N2O2. The highest BCUT2D eigenvalue weighted by Crippen LogP contribution is 2.25. The first-order chi connectivity index (χ1) is 9.15. The number of carbonyl (C=O) groups is 1. The quantitative estimate of drug-likeness (QED) is 0.912. The summed E-state index contributed by atoms with van der Waals surface area (Å²) in [7, 11) is 5.20. The zero-order valence-corrected chi connectivity index (χ0v) is 11.4. The lowest BCUT2D eigenvalue weighted by atomic mass is 10.1. The van der Waals surface area contributed by atoms with Crippen molar-refractivity contribution in [3.63, 3.8) is 0 Å². The molecule has 0 atom stereocenters. The average molecular weight is 258 g/mol. The van der Waals surface area contributed by atoms with Gasteiger partial charge in [0.15, 0.2) is 0 Å². The zero-order chi connectivity index (χ0) is 13.8. The van der Waals surface area contributed by atoms with Crippen molar-refractivity contribution in [2.45, 2.75) is 0 Å². The minimum Gasteiger partial charge on any atom is -0.497 e. The van der Waals surface area contributed by atoms with Gasteiger partial charge in [0.2, 0.25) is 5.91 Å². The third-order valence-corrected chi connectivity index (χ3v) is 3.12. The highest BCUT2D eigenvalue weighted by Gasteiger charge is 2.10. The highest BCUT2D eigenvalue weighted by molar-refractivity contribution is 5.97. The van der Waals surface area contributed by atoms with Crippen LogP contribution in [-0.2, 0) is 4.79 Å². The van der Waals surface area contributed by atoms with Crippen molar-refractivity contribution in [1.82, 2.24) is 5.32 Å². The van der Waals surface area contributed by atoms with Crippen molar-refractivity contribution in [2.24, 2.45) is 0 Å². The van der Waals surface area contributed by atoms with Crippen molar-refractivity contribution >= 4 is 22.4 Å². The second-order valence-corrected chi connectivity index (χ2v) is 4.38. The van der Waals surface area contributed by atoms with E-state index in [0.29, 0.717) is 6.54 Å². The van der Waals surface area contributed by atoms with Crippen LogP contribution in [0.2, 0.25) is 0 Å². The van der Waals surface area contributed by atoms with E-state index in [1.807, 2.05) is 36.4 Å². The molecule has 0 aliphatic rings. The number of fused-ring (bicyclic) bond motifs is 1. The van der Waals surface area contributed by atoms with Gasteiger partial charge in [-0.25, -0.2) is 0 Å². The first-order valence-electron chi connectivity index (χ1n) is 6.14. The molecule has 100 valence electrons. The molecule has 0 fully saturated rings. The lowest BCUT2D eigenvalue weighted by molar-refractivity contribution is -0.117. The zero-order valence-electron chi connectivity index (χ0n) is 11.4. The maximum atomic E-state index is 11.8. The van der Waals surface area contributed by atoms with Gasteiger partial charge >= 0.3 is 0 Å². The van der Waals surface area contributed by atoms with E-state index in [9.17, 15) is 4.79 Å². The number of ether oxygens (including phenoxy) is 1. The molecule has 0 bridgehead atoms. The van der Waals surface area contributed by atoms with E-state index in [-0.39, 0.29) is 5.91 Å². The van der Waals surface area contributed by atoms with Crippen LogP contribution in [-0.4, -0.2) is 33.7 Å². The van der Waals surface area contributed by atoms with E-state index in [2.05, 4.69) is 5.32 Å². The second kappa shape index (κ2) is 5.71. The fourth-order valence-corrected chi connectivity index (χ4v) is 1.96. The Bertz CT molecular complexity index is 596. The third-order valence-electron chi connectivity index (χ3n) is 3.12. The number of hydrogen-bond acceptors (Lipinski definition) is 3. The Morgan fingerprint density at radius 2 is 1.89 bits per heavy atom. The minimum absolute atomic E-state index is 0.0374. The fourth-order valence-electron chi connectivity index (χ4n) is 1.96. The van der Waals surface area contributed by atoms with E-state index in [4.69, 9.17) is 4.74 Å². The van der Waals surface area contributed by atoms with Gasteiger partial charge in [-0.1, -0.05) is 12.1 Å². The van der Waals surface area contributed by atoms with Gasteiger partial charge in [0.05, 0.1) is 13.7 Å². The van der Waals surface area contributed by atoms with E-state index in [1.54, 1.807) is 26.1 Å². The topological polar surface area (TPSA) is 41.6 Å². The van der Waals surface area contributed by atoms with Gasteiger partial charge in [0.25, 0.3) is 0 Å². The molecule has 0 spiro atoms. The van der Waals surface area contributed by atoms with Crippen LogP contribution < -0.4 is 15.0 Å². The van der Waals surface area contributed by atoms with Crippen LogP contribution in [0, 0.1) is 0 Å². The molecule has 0 unspecified atom stereocenters. The van der Waals surface area contributed by atoms with E-state index < -0.39 is 0 Å². The van der Waals surface area contributed by atoms with Crippen LogP contribution in [0.5, 0.6) is 5.75 Å². The van der Waals surface area contributed by atoms with Gasteiger partial charge in [-0.3, -0.25) is 4.79 Å². The van der Waals surface area contributed by atoms with Gasteiger partial charge in [-0.2, -0.15) is 0 Å². The molecular weight excluding hydrogens is 240 g/mol. The molecule has 0 aromatic heterocycles. The van der Waals surface area contributed by atoms with E-state index in [1.165, 1.54) is 0 Å². The van der Waals surface area contributed by atoms with E-state index in [0.717, 1.165) is 22.2 Å². The number of benzene rings is 2. The molecule has 19 heavy (non-hydrogen) atoms. The van der Waals surface area contributed by atoms with Crippen molar-refractivity contribution in [3.8, 4) is 5.75 Å². The summed E-state index contributed by atoms with van der Waals surface area (Å²) >= 11 is 0. The molecule has 1 amide bonds. The number of nitrogens with zero attached hydrogens (tertiary/aromatic N) is 1. The Kier molecular flexibility index (Phi) is 4.02. The highest BCUT2D eigenvalue weighted by atomic mass is 16.5. The first kappa shape index (κ1) is 13.4. The van der Waals surface area contributed by atoms with Crippen LogP contribution in [0.4, 0.5) is 5.69 Å². The van der Waals surface area contributed by atoms with Crippen LogP contribution in [0.3, 0.4) is 0 Å². The smallest absolute Gasteiger partial charge is 0.240 e. The van der Waals surface area contributed by atoms with Gasteiger partial charge in [-0.05, 0) is 42.1 Å². The van der Waals surface area contributed by atoms with E-state index >= 15 is 0 Å². The summed E-state index contributed by atoms with van der Waals surface area (Å²) in [6, 6.07) is 11.8. The number of carbonyl (C=O) groups excluding carboxylic acids is 1. The monoisotopic (exact) mass is 258 g/mol. The number of anilines is 1. The Morgan fingerprint density at radius 1 is 1.21 bits per heavy atom. The van der Waals surface area contributed by atoms with Crippen molar-refractivity contribution in [1.29, 1.82) is 0 Å². The maximum absolute atomic E-state index is 11.8. The van der Waals surface area contributed by atoms with Crippen LogP contribution >= 0.6 is 0 Å². The summed E-state index contributed by atoms with van der Waals surface area (Å²) in [5.74, 6) is 0.871. The predicted octanol–water partition coefficient (Wildman–Crippen LogP) is 2.03. The molecule has 2 aromatic rings. The van der Waals surface area contributed by atoms with Crippen molar-refractivity contribution < 1.29 is 9.53 Å². The molecule has 0 aliphatic heterocycles. The number of rotatable bonds is 4. The fraction of sp³-hybridized carbons (Fsp3) is 0.267. The number of amides is 1. The number of methoxy groups -OCH3 is 1. The summed E-state index contributed by atoms with van der Waals surface area (Å²) in [6.07, 6.45) is 0. The number of likely N-dealkylation sites (N-methyl/N-ethyl adjacent to an activating group) is 2. The summed E-state index contributed by atoms with van der Waals surface area (Å²) in [5.41, 5.74) is 0.887. The number of hydrogen-bond donors (Lipinski definition) is 1. The molecule has 2 rings (SSSR count). The molecule has 4 heteroatoms. The molecule has 0 aliphatic carbocycles. The van der Waals surface area contributed by atoms with Crippen LogP contribution in [0.15, 0.2) is 36.4 Å². The SMILES string of the molecule is CNCC(=O)N(C)c1ccc2cc(OC)ccc2c1. The Labute approximate surface area is 113 Å². The number of nitrogens with one attached hydrogen (secondary N) is 1. The molecule has 0 radical (unpaired) electrons. The molecule has 0 heterocycles. The normalized spacial score (nSPS) is 10.5. The molecule has 4 nitrogen and oxygen atoms in total. The standard InChI is InChI=1S/C15H18N2O2/c1-16-10-15(18)17(2)13-6-4-12-9-14(19-3)7-5-11(12)8-13/h4-9,16H,10H2,1-3H3. The van der Waals surface area contributed by atoms with Crippen molar-refractivity contribution in [2.75, 3.05) is 32.6 Å². The summed E-state index contributed by atoms with van der Waals surface area (Å²) < 4.78 is 5.20. The molecule has 0 saturated heterocycles. The maximum Gasteiger partial charge on any atom is 0.240 e. The Hall–Kier alpha value is -2.07. The average Bonchev–Trinajstić information content (AvgIpc) is 2.45. The van der Waals surface area contributed by atoms with Crippen molar-refractivity contribution in [3.05, 3.63) is 36.4 Å². The van der Waals surface area contributed by atoms with Crippen LogP contribution in [0.1, 0.15) is 0 Å². The Balaban J connectivity index is 2.33.